The van der Waals surface area contributed by atoms with Gasteiger partial charge in [0.1, 0.15) is 17.5 Å². The van der Waals surface area contributed by atoms with E-state index in [4.69, 9.17) is 0 Å². The number of pyridine rings is 1. The molecule has 146 valence electrons. The molecule has 0 bridgehead atoms. The van der Waals surface area contributed by atoms with E-state index in [0.717, 1.165) is 31.7 Å². The van der Waals surface area contributed by atoms with Gasteiger partial charge in [0.25, 0.3) is 0 Å². The molecule has 3 aromatic rings. The van der Waals surface area contributed by atoms with E-state index in [1.165, 1.54) is 17.7 Å². The number of hydrogen-bond acceptors (Lipinski definition) is 3. The molecule has 0 aliphatic heterocycles. The third-order valence-corrected chi connectivity index (χ3v) is 5.62. The molecule has 0 radical (unpaired) electrons. The maximum atomic E-state index is 14.6. The van der Waals surface area contributed by atoms with Crippen molar-refractivity contribution >= 4 is 0 Å². The Kier molecular flexibility index (Phi) is 5.48. The topological polar surface area (TPSA) is 42.7 Å². The number of nitrogens with one attached hydrogen (secondary N) is 1. The molecular weight excluding hydrogens is 358 g/mol. The fourth-order valence-corrected chi connectivity index (χ4v) is 4.19. The van der Waals surface area contributed by atoms with Crippen LogP contribution in [0.3, 0.4) is 0 Å². The van der Waals surface area contributed by atoms with Gasteiger partial charge in [0.05, 0.1) is 6.04 Å². The summed E-state index contributed by atoms with van der Waals surface area (Å²) in [4.78, 5) is 8.68. The highest BCUT2D eigenvalue weighted by Crippen LogP contribution is 2.34. The molecule has 4 rings (SSSR count). The van der Waals surface area contributed by atoms with Crippen molar-refractivity contribution in [1.82, 2.24) is 19.9 Å². The lowest BCUT2D eigenvalue weighted by Gasteiger charge is -2.33. The summed E-state index contributed by atoms with van der Waals surface area (Å²) >= 11 is 0. The van der Waals surface area contributed by atoms with Gasteiger partial charge in [0, 0.05) is 49.5 Å². The van der Waals surface area contributed by atoms with Gasteiger partial charge < -0.3 is 9.88 Å². The fourth-order valence-electron chi connectivity index (χ4n) is 4.19. The molecule has 4 nitrogen and oxygen atoms in total. The first-order valence-corrected chi connectivity index (χ1v) is 9.70. The summed E-state index contributed by atoms with van der Waals surface area (Å²) in [6.07, 6.45) is 11.4. The zero-order valence-electron chi connectivity index (χ0n) is 15.9. The Balaban J connectivity index is 1.60. The second-order valence-corrected chi connectivity index (χ2v) is 7.51. The molecule has 1 N–H and O–H groups in total. The van der Waals surface area contributed by atoms with E-state index in [9.17, 15) is 8.78 Å². The molecule has 28 heavy (non-hydrogen) atoms. The van der Waals surface area contributed by atoms with Crippen LogP contribution in [0.2, 0.25) is 0 Å². The van der Waals surface area contributed by atoms with Gasteiger partial charge in [-0.25, -0.2) is 13.8 Å². The van der Waals surface area contributed by atoms with Crippen molar-refractivity contribution in [3.05, 3.63) is 83.7 Å². The predicted octanol–water partition coefficient (Wildman–Crippen LogP) is 4.50. The molecule has 1 aromatic carbocycles. The van der Waals surface area contributed by atoms with Crippen molar-refractivity contribution in [3.63, 3.8) is 0 Å². The van der Waals surface area contributed by atoms with Gasteiger partial charge >= 0.3 is 0 Å². The average Bonchev–Trinajstić information content (AvgIpc) is 3.13. The van der Waals surface area contributed by atoms with Crippen LogP contribution in [0.5, 0.6) is 0 Å². The monoisotopic (exact) mass is 382 g/mol. The van der Waals surface area contributed by atoms with E-state index in [1.54, 1.807) is 12.4 Å². The molecule has 1 aliphatic rings. The van der Waals surface area contributed by atoms with Gasteiger partial charge in [-0.15, -0.1) is 0 Å². The van der Waals surface area contributed by atoms with Crippen LogP contribution in [0.4, 0.5) is 8.78 Å². The lowest BCUT2D eigenvalue weighted by atomic mass is 9.81. The number of imidazole rings is 1. The highest BCUT2D eigenvalue weighted by atomic mass is 19.1. The van der Waals surface area contributed by atoms with Crippen molar-refractivity contribution in [2.75, 3.05) is 0 Å². The zero-order chi connectivity index (χ0) is 19.5. The smallest absolute Gasteiger partial charge is 0.131 e. The van der Waals surface area contributed by atoms with Crippen LogP contribution >= 0.6 is 0 Å². The van der Waals surface area contributed by atoms with Gasteiger partial charge in [-0.1, -0.05) is 18.6 Å². The van der Waals surface area contributed by atoms with Crippen molar-refractivity contribution in [3.8, 4) is 0 Å². The van der Waals surface area contributed by atoms with Gasteiger partial charge in [0.15, 0.2) is 0 Å². The third-order valence-electron chi connectivity index (χ3n) is 5.62. The van der Waals surface area contributed by atoms with Crippen molar-refractivity contribution in [2.24, 2.45) is 7.05 Å². The van der Waals surface area contributed by atoms with Crippen LogP contribution in [0.15, 0.2) is 55.1 Å². The Bertz CT molecular complexity index is 925. The Morgan fingerprint density at radius 3 is 2.79 bits per heavy atom. The van der Waals surface area contributed by atoms with Crippen molar-refractivity contribution in [2.45, 2.75) is 43.7 Å². The van der Waals surface area contributed by atoms with E-state index in [1.807, 2.05) is 30.1 Å². The lowest BCUT2D eigenvalue weighted by molar-refractivity contribution is 0.316. The summed E-state index contributed by atoms with van der Waals surface area (Å²) in [6.45, 7) is 0. The highest BCUT2D eigenvalue weighted by molar-refractivity contribution is 5.28. The summed E-state index contributed by atoms with van der Waals surface area (Å²) in [5.74, 6) is 0.0170. The molecule has 0 saturated heterocycles. The summed E-state index contributed by atoms with van der Waals surface area (Å²) in [6, 6.07) is 7.62. The molecule has 2 aromatic heterocycles. The van der Waals surface area contributed by atoms with Crippen LogP contribution in [-0.2, 0) is 7.05 Å². The maximum absolute atomic E-state index is 14.6. The number of nitrogens with zero attached hydrogens (tertiary/aromatic N) is 3. The summed E-state index contributed by atoms with van der Waals surface area (Å²) in [5.41, 5.74) is 1.66. The van der Waals surface area contributed by atoms with E-state index < -0.39 is 17.7 Å². The molecule has 1 aliphatic carbocycles. The molecule has 1 fully saturated rings. The zero-order valence-corrected chi connectivity index (χ0v) is 15.9. The van der Waals surface area contributed by atoms with Crippen molar-refractivity contribution < 1.29 is 8.78 Å². The molecule has 3 atom stereocenters. The van der Waals surface area contributed by atoms with Crippen LogP contribution in [-0.4, -0.2) is 20.6 Å². The molecule has 2 heterocycles. The second-order valence-electron chi connectivity index (χ2n) is 7.51. The van der Waals surface area contributed by atoms with Crippen molar-refractivity contribution in [1.29, 1.82) is 0 Å². The molecule has 3 unspecified atom stereocenters. The first kappa shape index (κ1) is 18.7. The Morgan fingerprint density at radius 2 is 2.07 bits per heavy atom. The predicted molar refractivity (Wildman–Crippen MR) is 104 cm³/mol. The summed E-state index contributed by atoms with van der Waals surface area (Å²) < 4.78 is 29.9. The number of hydrogen-bond donors (Lipinski definition) is 1. The van der Waals surface area contributed by atoms with E-state index in [2.05, 4.69) is 21.4 Å². The number of aryl methyl sites for hydroxylation is 1. The molecule has 1 saturated carbocycles. The minimum atomic E-state index is -0.575. The average molecular weight is 382 g/mol. The Hall–Kier alpha value is -2.60. The first-order chi connectivity index (χ1) is 13.6. The lowest BCUT2D eigenvalue weighted by Crippen LogP contribution is -2.38. The number of aromatic nitrogens is 3. The number of rotatable bonds is 5. The SMILES string of the molecule is Cn1ccnc1C(NC1CCCC(c2cccnc2)C1)c1ccc(F)cc1F. The fraction of sp³-hybridized carbons (Fsp3) is 0.364. The second kappa shape index (κ2) is 8.19. The Morgan fingerprint density at radius 1 is 1.18 bits per heavy atom. The molecule has 6 heteroatoms. The van der Waals surface area contributed by atoms with Crippen LogP contribution < -0.4 is 5.32 Å². The quantitative estimate of drug-likeness (QED) is 0.707. The minimum Gasteiger partial charge on any atom is -0.336 e. The molecular formula is C22H24F2N4. The largest absolute Gasteiger partial charge is 0.336 e. The Labute approximate surface area is 163 Å². The minimum absolute atomic E-state index is 0.213. The third kappa shape index (κ3) is 3.97. The van der Waals surface area contributed by atoms with E-state index >= 15 is 0 Å². The number of benzene rings is 1. The maximum Gasteiger partial charge on any atom is 0.131 e. The number of halogens is 2. The highest BCUT2D eigenvalue weighted by Gasteiger charge is 2.29. The summed E-state index contributed by atoms with van der Waals surface area (Å²) in [7, 11) is 1.89. The van der Waals surface area contributed by atoms with E-state index in [-0.39, 0.29) is 6.04 Å². The summed E-state index contributed by atoms with van der Waals surface area (Å²) in [5, 5.41) is 3.61. The van der Waals surface area contributed by atoms with Gasteiger partial charge in [-0.05, 0) is 42.9 Å². The molecule has 0 spiro atoms. The van der Waals surface area contributed by atoms with E-state index in [0.29, 0.717) is 17.3 Å². The van der Waals surface area contributed by atoms with Crippen LogP contribution in [0, 0.1) is 11.6 Å². The normalized spacial score (nSPS) is 20.8. The van der Waals surface area contributed by atoms with Gasteiger partial charge in [-0.3, -0.25) is 4.98 Å². The van der Waals surface area contributed by atoms with Gasteiger partial charge in [-0.2, -0.15) is 0 Å². The van der Waals surface area contributed by atoms with Gasteiger partial charge in [0.2, 0.25) is 0 Å². The van der Waals surface area contributed by atoms with Crippen LogP contribution in [0.25, 0.3) is 0 Å². The first-order valence-electron chi connectivity index (χ1n) is 9.70. The van der Waals surface area contributed by atoms with Crippen LogP contribution in [0.1, 0.15) is 54.6 Å². The standard InChI is InChI=1S/C22H24F2N4/c1-28-11-10-26-22(28)21(19-8-7-17(23)13-20(19)24)27-18-6-2-4-15(12-18)16-5-3-9-25-14-16/h3,5,7-11,13-15,18,21,27H,2,4,6,12H2,1H3. The molecule has 0 amide bonds.